The Balaban J connectivity index is 1.53. The Labute approximate surface area is 159 Å². The van der Waals surface area contributed by atoms with Gasteiger partial charge in [0.2, 0.25) is 0 Å². The molecule has 7 heteroatoms. The molecule has 0 atom stereocenters. The van der Waals surface area contributed by atoms with Crippen LogP contribution in [0.15, 0.2) is 24.7 Å². The monoisotopic (exact) mass is 368 g/mol. The molecule has 2 aliphatic rings. The van der Waals surface area contributed by atoms with Crippen LogP contribution < -0.4 is 11.1 Å². The molecule has 0 spiro atoms. The van der Waals surface area contributed by atoms with E-state index in [4.69, 9.17) is 15.9 Å². The van der Waals surface area contributed by atoms with E-state index in [2.05, 4.69) is 15.4 Å². The molecule has 144 valence electrons. The van der Waals surface area contributed by atoms with E-state index in [-0.39, 0.29) is 0 Å². The van der Waals surface area contributed by atoms with Gasteiger partial charge in [0.25, 0.3) is 0 Å². The molecule has 27 heavy (non-hydrogen) atoms. The first kappa shape index (κ1) is 18.0. The maximum atomic E-state index is 8.73. The predicted molar refractivity (Wildman–Crippen MR) is 106 cm³/mol. The van der Waals surface area contributed by atoms with Gasteiger partial charge in [0.1, 0.15) is 5.82 Å². The highest BCUT2D eigenvalue weighted by molar-refractivity contribution is 6.16. The maximum absolute atomic E-state index is 8.73. The fraction of sp³-hybridized carbons (Fsp3) is 0.550. The molecule has 1 aliphatic heterocycles. The number of hydrogen-bond donors (Lipinski definition) is 3. The summed E-state index contributed by atoms with van der Waals surface area (Å²) in [6.45, 7) is 2.43. The molecule has 1 saturated carbocycles. The summed E-state index contributed by atoms with van der Waals surface area (Å²) >= 11 is 0. The predicted octanol–water partition coefficient (Wildman–Crippen LogP) is 3.06. The molecular weight excluding hydrogens is 340 g/mol. The molecule has 1 saturated heterocycles. The van der Waals surface area contributed by atoms with E-state index in [1.54, 1.807) is 18.5 Å². The molecular formula is C20H28N6O. The van der Waals surface area contributed by atoms with Gasteiger partial charge < -0.3 is 15.8 Å². The molecule has 0 amide bonds. The zero-order valence-electron chi connectivity index (χ0n) is 15.7. The summed E-state index contributed by atoms with van der Waals surface area (Å²) in [5.41, 5.74) is 8.60. The fourth-order valence-corrected chi connectivity index (χ4v) is 4.08. The van der Waals surface area contributed by atoms with E-state index >= 15 is 0 Å². The number of nitrogens with one attached hydrogen (secondary N) is 2. The van der Waals surface area contributed by atoms with E-state index in [1.807, 2.05) is 10.9 Å². The van der Waals surface area contributed by atoms with Crippen molar-refractivity contribution >= 4 is 17.2 Å². The number of anilines is 2. The third kappa shape index (κ3) is 4.13. The number of nitrogen functional groups attached to an aromatic ring is 1. The summed E-state index contributed by atoms with van der Waals surface area (Å²) in [6.07, 6.45) is 12.5. The standard InChI is InChI=1S/C20H28N6O/c21-17-5-8-23-20(25-16-6-9-27-10-7-16)18(17)19(22)15-11-24-26(13-15)12-14-3-1-2-4-14/h5,8,11,13-14,16,22H,1-4,6-7,9-10,12H2,(H3,21,23,25). The van der Waals surface area contributed by atoms with E-state index in [1.165, 1.54) is 25.7 Å². The van der Waals surface area contributed by atoms with Crippen molar-refractivity contribution in [3.8, 4) is 0 Å². The van der Waals surface area contributed by atoms with Crippen molar-refractivity contribution < 1.29 is 4.74 Å². The van der Waals surface area contributed by atoms with Crippen molar-refractivity contribution in [3.05, 3.63) is 35.8 Å². The SMILES string of the molecule is N=C(c1cnn(CC2CCCC2)c1)c1c(N)ccnc1NC1CCOCC1. The van der Waals surface area contributed by atoms with Crippen LogP contribution >= 0.6 is 0 Å². The van der Waals surface area contributed by atoms with Crippen molar-refractivity contribution in [1.29, 1.82) is 5.41 Å². The Kier molecular flexibility index (Phi) is 5.38. The molecule has 2 aromatic heterocycles. The maximum Gasteiger partial charge on any atom is 0.137 e. The number of aromatic nitrogens is 3. The van der Waals surface area contributed by atoms with Gasteiger partial charge >= 0.3 is 0 Å². The third-order valence-electron chi connectivity index (χ3n) is 5.64. The van der Waals surface area contributed by atoms with Crippen LogP contribution in [0.1, 0.15) is 49.7 Å². The Hall–Kier alpha value is -2.41. The van der Waals surface area contributed by atoms with Crippen LogP contribution in [0, 0.1) is 11.3 Å². The molecule has 0 radical (unpaired) electrons. The molecule has 3 heterocycles. The third-order valence-corrected chi connectivity index (χ3v) is 5.64. The average Bonchev–Trinajstić information content (AvgIpc) is 3.35. The van der Waals surface area contributed by atoms with Crippen LogP contribution in [0.3, 0.4) is 0 Å². The lowest BCUT2D eigenvalue weighted by Gasteiger charge is -2.25. The fourth-order valence-electron chi connectivity index (χ4n) is 4.08. The van der Waals surface area contributed by atoms with E-state index in [9.17, 15) is 0 Å². The van der Waals surface area contributed by atoms with E-state index in [0.717, 1.165) is 38.2 Å². The number of hydrogen-bond acceptors (Lipinski definition) is 6. The number of ether oxygens (including phenoxy) is 1. The van der Waals surface area contributed by atoms with Crippen molar-refractivity contribution in [3.63, 3.8) is 0 Å². The number of rotatable bonds is 6. The molecule has 4 N–H and O–H groups in total. The Bertz CT molecular complexity index is 790. The largest absolute Gasteiger partial charge is 0.398 e. The highest BCUT2D eigenvalue weighted by Gasteiger charge is 2.21. The molecule has 0 bridgehead atoms. The lowest BCUT2D eigenvalue weighted by Crippen LogP contribution is -2.29. The zero-order chi connectivity index (χ0) is 18.6. The Morgan fingerprint density at radius 3 is 2.81 bits per heavy atom. The van der Waals surface area contributed by atoms with Gasteiger partial charge in [-0.25, -0.2) is 4.98 Å². The van der Waals surface area contributed by atoms with Crippen molar-refractivity contribution in [1.82, 2.24) is 14.8 Å². The van der Waals surface area contributed by atoms with E-state index < -0.39 is 0 Å². The van der Waals surface area contributed by atoms with Gasteiger partial charge in [-0.1, -0.05) is 12.8 Å². The highest BCUT2D eigenvalue weighted by atomic mass is 16.5. The number of pyridine rings is 1. The summed E-state index contributed by atoms with van der Waals surface area (Å²) in [5, 5.41) is 16.7. The first-order valence-electron chi connectivity index (χ1n) is 9.91. The quantitative estimate of drug-likeness (QED) is 0.680. The summed E-state index contributed by atoms with van der Waals surface area (Å²) in [6, 6.07) is 2.05. The molecule has 0 aromatic carbocycles. The van der Waals surface area contributed by atoms with Crippen molar-refractivity contribution in [2.75, 3.05) is 24.3 Å². The van der Waals surface area contributed by atoms with Gasteiger partial charge in [-0.15, -0.1) is 0 Å². The summed E-state index contributed by atoms with van der Waals surface area (Å²) in [7, 11) is 0. The minimum Gasteiger partial charge on any atom is -0.398 e. The van der Waals surface area contributed by atoms with Gasteiger partial charge in [-0.2, -0.15) is 5.10 Å². The second-order valence-corrected chi connectivity index (χ2v) is 7.63. The minimum atomic E-state index is 0.296. The van der Waals surface area contributed by atoms with Crippen molar-refractivity contribution in [2.24, 2.45) is 5.92 Å². The lowest BCUT2D eigenvalue weighted by molar-refractivity contribution is 0.0904. The van der Waals surface area contributed by atoms with Crippen LogP contribution in [0.25, 0.3) is 0 Å². The molecule has 2 aromatic rings. The van der Waals surface area contributed by atoms with Gasteiger partial charge in [-0.3, -0.25) is 10.1 Å². The van der Waals surface area contributed by atoms with Gasteiger partial charge in [0, 0.05) is 49.4 Å². The molecule has 2 fully saturated rings. The smallest absolute Gasteiger partial charge is 0.137 e. The second-order valence-electron chi connectivity index (χ2n) is 7.63. The molecule has 1 aliphatic carbocycles. The highest BCUT2D eigenvalue weighted by Crippen LogP contribution is 2.27. The van der Waals surface area contributed by atoms with Crippen LogP contribution in [-0.4, -0.2) is 39.7 Å². The van der Waals surface area contributed by atoms with Crippen LogP contribution in [0.2, 0.25) is 0 Å². The summed E-state index contributed by atoms with van der Waals surface area (Å²) < 4.78 is 7.40. The summed E-state index contributed by atoms with van der Waals surface area (Å²) in [5.74, 6) is 1.39. The average molecular weight is 368 g/mol. The number of nitrogens with zero attached hydrogens (tertiary/aromatic N) is 3. The topological polar surface area (TPSA) is 102 Å². The minimum absolute atomic E-state index is 0.296. The zero-order valence-corrected chi connectivity index (χ0v) is 15.7. The second kappa shape index (κ2) is 8.08. The lowest BCUT2D eigenvalue weighted by atomic mass is 10.0. The normalized spacial score (nSPS) is 18.7. The van der Waals surface area contributed by atoms with Crippen LogP contribution in [-0.2, 0) is 11.3 Å². The van der Waals surface area contributed by atoms with Gasteiger partial charge in [0.05, 0.1) is 17.5 Å². The van der Waals surface area contributed by atoms with Crippen LogP contribution in [0.4, 0.5) is 11.5 Å². The van der Waals surface area contributed by atoms with Crippen LogP contribution in [0.5, 0.6) is 0 Å². The molecule has 0 unspecified atom stereocenters. The van der Waals surface area contributed by atoms with Crippen molar-refractivity contribution in [2.45, 2.75) is 51.1 Å². The van der Waals surface area contributed by atoms with E-state index in [0.29, 0.717) is 34.7 Å². The molecule has 4 rings (SSSR count). The summed E-state index contributed by atoms with van der Waals surface area (Å²) in [4.78, 5) is 4.47. The first-order chi connectivity index (χ1) is 13.2. The molecule has 7 nitrogen and oxygen atoms in total. The van der Waals surface area contributed by atoms with Gasteiger partial charge in [-0.05, 0) is 37.7 Å². The Morgan fingerprint density at radius 2 is 2.04 bits per heavy atom. The number of nitrogens with two attached hydrogens (primary N) is 1. The van der Waals surface area contributed by atoms with Gasteiger partial charge in [0.15, 0.2) is 0 Å². The Morgan fingerprint density at radius 1 is 1.26 bits per heavy atom. The first-order valence-corrected chi connectivity index (χ1v) is 9.91.